The zero-order valence-corrected chi connectivity index (χ0v) is 17.2. The normalized spacial score (nSPS) is 11.2. The molecule has 0 saturated heterocycles. The van der Waals surface area contributed by atoms with Crippen molar-refractivity contribution in [3.05, 3.63) is 102 Å². The standard InChI is InChI=1S/C25H24N6/c1-3-9-19(10-4-1)18-31-29-23(25(30-31)20-11-5-2-6-12-20)17-26-16-15-24-27-21-13-7-8-14-22(21)28-24/h1-14,26H,15-18H2,(H,27,28). The molecule has 0 amide bonds. The predicted octanol–water partition coefficient (Wildman–Crippen LogP) is 4.20. The predicted molar refractivity (Wildman–Crippen MR) is 123 cm³/mol. The van der Waals surface area contributed by atoms with Gasteiger partial charge >= 0.3 is 0 Å². The summed E-state index contributed by atoms with van der Waals surface area (Å²) in [5.41, 5.74) is 6.22. The highest BCUT2D eigenvalue weighted by Crippen LogP contribution is 2.20. The molecular weight excluding hydrogens is 384 g/mol. The molecule has 0 aliphatic carbocycles. The van der Waals surface area contributed by atoms with Crippen molar-refractivity contribution in [2.24, 2.45) is 0 Å². The van der Waals surface area contributed by atoms with Crippen molar-refractivity contribution in [2.75, 3.05) is 6.54 Å². The SMILES string of the molecule is c1ccc(Cn2nc(CNCCc3nc4ccccc4[nH]3)c(-c3ccccc3)n2)cc1. The average Bonchev–Trinajstić information content (AvgIpc) is 3.41. The van der Waals surface area contributed by atoms with E-state index in [1.165, 1.54) is 5.56 Å². The molecule has 5 aromatic rings. The second-order valence-electron chi connectivity index (χ2n) is 7.50. The van der Waals surface area contributed by atoms with E-state index in [0.29, 0.717) is 13.1 Å². The van der Waals surface area contributed by atoms with Gasteiger partial charge in [-0.05, 0) is 17.7 Å². The molecule has 2 heterocycles. The van der Waals surface area contributed by atoms with Crippen molar-refractivity contribution in [3.8, 4) is 11.3 Å². The smallest absolute Gasteiger partial charge is 0.117 e. The zero-order chi connectivity index (χ0) is 20.9. The topological polar surface area (TPSA) is 71.4 Å². The summed E-state index contributed by atoms with van der Waals surface area (Å²) in [6.45, 7) is 2.11. The summed E-state index contributed by atoms with van der Waals surface area (Å²) in [7, 11) is 0. The third kappa shape index (κ3) is 4.54. The molecular formula is C25H24N6. The number of nitrogens with zero attached hydrogens (tertiary/aromatic N) is 4. The summed E-state index contributed by atoms with van der Waals surface area (Å²) in [5, 5.41) is 13.1. The highest BCUT2D eigenvalue weighted by molar-refractivity contribution is 5.74. The Balaban J connectivity index is 1.28. The molecule has 6 heteroatoms. The van der Waals surface area contributed by atoms with E-state index >= 15 is 0 Å². The van der Waals surface area contributed by atoms with Gasteiger partial charge in [0.15, 0.2) is 0 Å². The number of rotatable bonds is 8. The van der Waals surface area contributed by atoms with Gasteiger partial charge < -0.3 is 10.3 Å². The Bertz CT molecular complexity index is 1220. The third-order valence-electron chi connectivity index (χ3n) is 5.21. The van der Waals surface area contributed by atoms with Crippen LogP contribution in [0.4, 0.5) is 0 Å². The van der Waals surface area contributed by atoms with E-state index in [1.54, 1.807) is 4.80 Å². The Morgan fingerprint density at radius 2 is 1.55 bits per heavy atom. The lowest BCUT2D eigenvalue weighted by Crippen LogP contribution is -2.18. The lowest BCUT2D eigenvalue weighted by molar-refractivity contribution is 0.576. The first kappa shape index (κ1) is 19.2. The third-order valence-corrected chi connectivity index (χ3v) is 5.21. The number of H-pyrrole nitrogens is 1. The van der Waals surface area contributed by atoms with Crippen molar-refractivity contribution in [1.82, 2.24) is 30.3 Å². The molecule has 154 valence electrons. The zero-order valence-electron chi connectivity index (χ0n) is 17.2. The van der Waals surface area contributed by atoms with Crippen LogP contribution in [0.3, 0.4) is 0 Å². The van der Waals surface area contributed by atoms with Gasteiger partial charge in [0.25, 0.3) is 0 Å². The molecule has 2 aromatic heterocycles. The first-order valence-electron chi connectivity index (χ1n) is 10.5. The van der Waals surface area contributed by atoms with Crippen molar-refractivity contribution in [1.29, 1.82) is 0 Å². The molecule has 0 unspecified atom stereocenters. The van der Waals surface area contributed by atoms with Gasteiger partial charge in [-0.3, -0.25) is 0 Å². The highest BCUT2D eigenvalue weighted by atomic mass is 15.5. The van der Waals surface area contributed by atoms with Crippen LogP contribution >= 0.6 is 0 Å². The van der Waals surface area contributed by atoms with Gasteiger partial charge in [0.05, 0.1) is 17.6 Å². The van der Waals surface area contributed by atoms with Crippen LogP contribution in [0.1, 0.15) is 17.1 Å². The summed E-state index contributed by atoms with van der Waals surface area (Å²) in [4.78, 5) is 9.81. The maximum Gasteiger partial charge on any atom is 0.117 e. The van der Waals surface area contributed by atoms with E-state index in [0.717, 1.165) is 46.8 Å². The van der Waals surface area contributed by atoms with Crippen LogP contribution in [-0.2, 0) is 19.5 Å². The summed E-state index contributed by atoms with van der Waals surface area (Å²) in [5.74, 6) is 0.990. The monoisotopic (exact) mass is 408 g/mol. The van der Waals surface area contributed by atoms with Crippen LogP contribution in [-0.4, -0.2) is 31.5 Å². The molecule has 0 fully saturated rings. The fraction of sp³-hybridized carbons (Fsp3) is 0.160. The lowest BCUT2D eigenvalue weighted by Gasteiger charge is -2.03. The van der Waals surface area contributed by atoms with E-state index in [-0.39, 0.29) is 0 Å². The van der Waals surface area contributed by atoms with Crippen molar-refractivity contribution < 1.29 is 0 Å². The number of aromatic amines is 1. The molecule has 31 heavy (non-hydrogen) atoms. The molecule has 5 rings (SSSR count). The number of hydrogen-bond acceptors (Lipinski definition) is 4. The first-order valence-corrected chi connectivity index (χ1v) is 10.5. The van der Waals surface area contributed by atoms with Gasteiger partial charge in [-0.25, -0.2) is 4.98 Å². The number of hydrogen-bond donors (Lipinski definition) is 2. The van der Waals surface area contributed by atoms with E-state index in [9.17, 15) is 0 Å². The lowest BCUT2D eigenvalue weighted by atomic mass is 10.1. The molecule has 0 spiro atoms. The van der Waals surface area contributed by atoms with E-state index in [4.69, 9.17) is 10.2 Å². The number of aromatic nitrogens is 5. The van der Waals surface area contributed by atoms with Crippen LogP contribution in [0.5, 0.6) is 0 Å². The second-order valence-corrected chi connectivity index (χ2v) is 7.50. The number of nitrogens with one attached hydrogen (secondary N) is 2. The minimum Gasteiger partial charge on any atom is -0.342 e. The van der Waals surface area contributed by atoms with Gasteiger partial charge in [-0.2, -0.15) is 15.0 Å². The molecule has 0 saturated carbocycles. The Morgan fingerprint density at radius 1 is 0.806 bits per heavy atom. The molecule has 2 N–H and O–H groups in total. The first-order chi connectivity index (χ1) is 15.3. The molecule has 3 aromatic carbocycles. The molecule has 0 aliphatic heterocycles. The van der Waals surface area contributed by atoms with E-state index < -0.39 is 0 Å². The molecule has 0 radical (unpaired) electrons. The van der Waals surface area contributed by atoms with Gasteiger partial charge in [-0.1, -0.05) is 72.8 Å². The van der Waals surface area contributed by atoms with Crippen molar-refractivity contribution in [2.45, 2.75) is 19.5 Å². The Labute approximate surface area is 181 Å². The quantitative estimate of drug-likeness (QED) is 0.378. The number of fused-ring (bicyclic) bond motifs is 1. The van der Waals surface area contributed by atoms with Gasteiger partial charge in [0.1, 0.15) is 17.2 Å². The summed E-state index contributed by atoms with van der Waals surface area (Å²) < 4.78 is 0. The fourth-order valence-corrected chi connectivity index (χ4v) is 3.68. The maximum absolute atomic E-state index is 4.79. The van der Waals surface area contributed by atoms with Crippen LogP contribution in [0.15, 0.2) is 84.9 Å². The number of imidazole rings is 1. The van der Waals surface area contributed by atoms with Gasteiger partial charge in [-0.15, -0.1) is 0 Å². The molecule has 0 bridgehead atoms. The van der Waals surface area contributed by atoms with Crippen LogP contribution in [0, 0.1) is 0 Å². The minimum atomic E-state index is 0.652. The Hall–Kier alpha value is -3.77. The number of para-hydroxylation sites is 2. The van der Waals surface area contributed by atoms with Crippen LogP contribution < -0.4 is 5.32 Å². The van der Waals surface area contributed by atoms with Crippen LogP contribution in [0.2, 0.25) is 0 Å². The minimum absolute atomic E-state index is 0.652. The molecule has 0 atom stereocenters. The summed E-state index contributed by atoms with van der Waals surface area (Å²) in [6.07, 6.45) is 0.827. The second kappa shape index (κ2) is 8.93. The highest BCUT2D eigenvalue weighted by Gasteiger charge is 2.13. The van der Waals surface area contributed by atoms with Gasteiger partial charge in [0.2, 0.25) is 0 Å². The maximum atomic E-state index is 4.79. The van der Waals surface area contributed by atoms with Crippen molar-refractivity contribution >= 4 is 11.0 Å². The van der Waals surface area contributed by atoms with Crippen LogP contribution in [0.25, 0.3) is 22.3 Å². The summed E-state index contributed by atoms with van der Waals surface area (Å²) >= 11 is 0. The summed E-state index contributed by atoms with van der Waals surface area (Å²) in [6, 6.07) is 28.6. The largest absolute Gasteiger partial charge is 0.342 e. The number of benzene rings is 3. The van der Waals surface area contributed by atoms with E-state index in [2.05, 4.69) is 45.6 Å². The van der Waals surface area contributed by atoms with Gasteiger partial charge in [0, 0.05) is 25.1 Å². The fourth-order valence-electron chi connectivity index (χ4n) is 3.68. The molecule has 6 nitrogen and oxygen atoms in total. The van der Waals surface area contributed by atoms with Crippen molar-refractivity contribution in [3.63, 3.8) is 0 Å². The van der Waals surface area contributed by atoms with E-state index in [1.807, 2.05) is 54.6 Å². The Kier molecular flexibility index (Phi) is 5.54. The average molecular weight is 409 g/mol. The molecule has 0 aliphatic rings. The Morgan fingerprint density at radius 3 is 2.35 bits per heavy atom.